The number of halogens is 3. The molecule has 17 heavy (non-hydrogen) atoms. The Kier molecular flexibility index (Phi) is 3.62. The lowest BCUT2D eigenvalue weighted by Crippen LogP contribution is -2.73. The zero-order valence-electron chi connectivity index (χ0n) is 8.45. The quantitative estimate of drug-likeness (QED) is 0.515. The molecule has 0 bridgehead atoms. The lowest BCUT2D eigenvalue weighted by atomic mass is 9.73. The van der Waals surface area contributed by atoms with E-state index in [0.29, 0.717) is 13.1 Å². The zero-order valence-corrected chi connectivity index (χ0v) is 8.45. The molecule has 2 aliphatic rings. The van der Waals surface area contributed by atoms with Gasteiger partial charge < -0.3 is 20.3 Å². The van der Waals surface area contributed by atoms with E-state index in [4.69, 9.17) is 19.8 Å². The molecule has 0 amide bonds. The summed E-state index contributed by atoms with van der Waals surface area (Å²) < 4.78 is 40.7. The normalized spacial score (nSPS) is 25.0. The molecule has 1 spiro atoms. The van der Waals surface area contributed by atoms with E-state index < -0.39 is 29.6 Å². The van der Waals surface area contributed by atoms with Crippen molar-refractivity contribution >= 4 is 11.9 Å². The average molecular weight is 257 g/mol. The first-order valence-electron chi connectivity index (χ1n) is 4.54. The van der Waals surface area contributed by atoms with Crippen molar-refractivity contribution in [3.63, 3.8) is 0 Å². The molecular formula is C8H10F3NO5. The van der Waals surface area contributed by atoms with Crippen molar-refractivity contribution in [1.29, 1.82) is 0 Å². The van der Waals surface area contributed by atoms with Crippen molar-refractivity contribution < 1.29 is 37.7 Å². The molecule has 2 fully saturated rings. The molecule has 1 unspecified atom stereocenters. The van der Waals surface area contributed by atoms with E-state index in [9.17, 15) is 13.2 Å². The Balaban J connectivity index is 0.000000209. The third kappa shape index (κ3) is 2.86. The van der Waals surface area contributed by atoms with Crippen LogP contribution in [0, 0.1) is 5.41 Å². The summed E-state index contributed by atoms with van der Waals surface area (Å²) in [5.41, 5.74) is -0.613. The highest BCUT2D eigenvalue weighted by Crippen LogP contribution is 2.46. The molecule has 2 aliphatic heterocycles. The molecule has 0 aromatic rings. The van der Waals surface area contributed by atoms with Gasteiger partial charge in [0.25, 0.3) is 0 Å². The first-order chi connectivity index (χ1) is 7.69. The summed E-state index contributed by atoms with van der Waals surface area (Å²) in [6.07, 6.45) is -5.70. The molecule has 2 rings (SSSR count). The average Bonchev–Trinajstić information content (AvgIpc) is 1.95. The van der Waals surface area contributed by atoms with Crippen LogP contribution in [0.25, 0.3) is 0 Å². The Hall–Kier alpha value is -1.35. The van der Waals surface area contributed by atoms with Crippen LogP contribution in [0.4, 0.5) is 13.2 Å². The van der Waals surface area contributed by atoms with Crippen LogP contribution in [0.5, 0.6) is 0 Å². The number of alkyl halides is 3. The molecule has 6 nitrogen and oxygen atoms in total. The number of carboxylic acid groups (broad SMARTS) is 2. The monoisotopic (exact) mass is 257 g/mol. The van der Waals surface area contributed by atoms with Crippen LogP contribution in [0.2, 0.25) is 0 Å². The van der Waals surface area contributed by atoms with Gasteiger partial charge in [0.2, 0.25) is 0 Å². The predicted molar refractivity (Wildman–Crippen MR) is 46.4 cm³/mol. The first kappa shape index (κ1) is 13.7. The maximum absolute atomic E-state index is 12.1. The number of carbonyl (C=O) groups is 2. The third-order valence-corrected chi connectivity index (χ3v) is 2.53. The minimum Gasteiger partial charge on any atom is -0.473 e. The highest BCUT2D eigenvalue weighted by Gasteiger charge is 2.63. The van der Waals surface area contributed by atoms with Gasteiger partial charge in [-0.1, -0.05) is 0 Å². The number of hydrogen-bond donors (Lipinski definition) is 3. The zero-order chi connectivity index (χ0) is 13.3. The molecule has 1 atom stereocenters. The lowest BCUT2D eigenvalue weighted by molar-refractivity contribution is -0.333. The maximum atomic E-state index is 12.1. The number of rotatable bonds is 0. The molecule has 0 saturated carbocycles. The number of aliphatic carboxylic acids is 2. The van der Waals surface area contributed by atoms with Crippen LogP contribution >= 0.6 is 0 Å². The van der Waals surface area contributed by atoms with Gasteiger partial charge in [0, 0.05) is 13.1 Å². The molecule has 0 aromatic heterocycles. The second kappa shape index (κ2) is 4.49. The standard InChI is InChI=1S/C6H8F3NO.C2H2O4/c7-6(8,9)4-5(3-11-4)1-10-2-5;3-1(4)2(5)6/h4,10H,1-3H2;(H,3,4)(H,5,6). The second-order valence-electron chi connectivity index (χ2n) is 3.81. The van der Waals surface area contributed by atoms with Gasteiger partial charge in [-0.05, 0) is 0 Å². The smallest absolute Gasteiger partial charge is 0.415 e. The van der Waals surface area contributed by atoms with Crippen molar-refractivity contribution in [3.05, 3.63) is 0 Å². The van der Waals surface area contributed by atoms with Crippen LogP contribution in [0.15, 0.2) is 0 Å². The molecule has 0 aromatic carbocycles. The number of nitrogens with one attached hydrogen (secondary N) is 1. The minimum atomic E-state index is -4.18. The van der Waals surface area contributed by atoms with E-state index in [1.165, 1.54) is 0 Å². The number of carboxylic acids is 2. The highest BCUT2D eigenvalue weighted by molar-refractivity contribution is 6.27. The van der Waals surface area contributed by atoms with Crippen molar-refractivity contribution in [2.45, 2.75) is 12.3 Å². The summed E-state index contributed by atoms with van der Waals surface area (Å²) in [5, 5.41) is 17.6. The van der Waals surface area contributed by atoms with E-state index in [-0.39, 0.29) is 6.61 Å². The molecular weight excluding hydrogens is 247 g/mol. The van der Waals surface area contributed by atoms with Crippen molar-refractivity contribution in [3.8, 4) is 0 Å². The Bertz CT molecular complexity index is 308. The predicted octanol–water partition coefficient (Wildman–Crippen LogP) is -0.307. The minimum absolute atomic E-state index is 0.254. The Labute approximate surface area is 93.4 Å². The van der Waals surface area contributed by atoms with Crippen LogP contribution < -0.4 is 5.32 Å². The fraction of sp³-hybridized carbons (Fsp3) is 0.750. The second-order valence-corrected chi connectivity index (χ2v) is 3.81. The molecule has 3 N–H and O–H groups in total. The Morgan fingerprint density at radius 1 is 1.24 bits per heavy atom. The topological polar surface area (TPSA) is 95.9 Å². The van der Waals surface area contributed by atoms with Gasteiger partial charge in [-0.3, -0.25) is 0 Å². The summed E-state index contributed by atoms with van der Waals surface area (Å²) in [4.78, 5) is 18.2. The summed E-state index contributed by atoms with van der Waals surface area (Å²) >= 11 is 0. The van der Waals surface area contributed by atoms with E-state index in [2.05, 4.69) is 10.1 Å². The van der Waals surface area contributed by atoms with Crippen LogP contribution in [-0.2, 0) is 14.3 Å². The van der Waals surface area contributed by atoms with E-state index in [1.54, 1.807) is 0 Å². The highest BCUT2D eigenvalue weighted by atomic mass is 19.4. The van der Waals surface area contributed by atoms with Crippen LogP contribution in [0.3, 0.4) is 0 Å². The maximum Gasteiger partial charge on any atom is 0.415 e. The van der Waals surface area contributed by atoms with Gasteiger partial charge in [-0.15, -0.1) is 0 Å². The van der Waals surface area contributed by atoms with E-state index >= 15 is 0 Å². The van der Waals surface area contributed by atoms with Gasteiger partial charge in [0.15, 0.2) is 6.10 Å². The van der Waals surface area contributed by atoms with E-state index in [0.717, 1.165) is 0 Å². The van der Waals surface area contributed by atoms with Crippen LogP contribution in [0.1, 0.15) is 0 Å². The van der Waals surface area contributed by atoms with E-state index in [1.807, 2.05) is 0 Å². The SMILES string of the molecule is FC(F)(F)C1OCC12CNC2.O=C(O)C(=O)O. The van der Waals surface area contributed by atoms with Crippen molar-refractivity contribution in [2.24, 2.45) is 5.41 Å². The summed E-state index contributed by atoms with van der Waals surface area (Å²) in [7, 11) is 0. The van der Waals surface area contributed by atoms with Crippen molar-refractivity contribution in [2.75, 3.05) is 19.7 Å². The first-order valence-corrected chi connectivity index (χ1v) is 4.54. The van der Waals surface area contributed by atoms with Crippen molar-refractivity contribution in [1.82, 2.24) is 5.32 Å². The largest absolute Gasteiger partial charge is 0.473 e. The van der Waals surface area contributed by atoms with Gasteiger partial charge >= 0.3 is 18.1 Å². The number of ether oxygens (including phenoxy) is 1. The Morgan fingerprint density at radius 3 is 1.76 bits per heavy atom. The molecule has 0 radical (unpaired) electrons. The van der Waals surface area contributed by atoms with Gasteiger partial charge in [0.05, 0.1) is 12.0 Å². The fourth-order valence-electron chi connectivity index (χ4n) is 1.58. The Morgan fingerprint density at radius 2 is 1.71 bits per heavy atom. The van der Waals surface area contributed by atoms with Crippen LogP contribution in [-0.4, -0.2) is 54.1 Å². The molecule has 98 valence electrons. The number of hydrogen-bond acceptors (Lipinski definition) is 4. The third-order valence-electron chi connectivity index (χ3n) is 2.53. The fourth-order valence-corrected chi connectivity index (χ4v) is 1.58. The molecule has 0 aliphatic carbocycles. The molecule has 9 heteroatoms. The molecule has 2 saturated heterocycles. The van der Waals surface area contributed by atoms with Gasteiger partial charge in [-0.25, -0.2) is 9.59 Å². The molecule has 2 heterocycles. The summed E-state index contributed by atoms with van der Waals surface area (Å²) in [6.45, 7) is 1.14. The summed E-state index contributed by atoms with van der Waals surface area (Å²) in [6, 6.07) is 0. The van der Waals surface area contributed by atoms with Gasteiger partial charge in [-0.2, -0.15) is 13.2 Å². The summed E-state index contributed by atoms with van der Waals surface area (Å²) in [5.74, 6) is -3.65. The van der Waals surface area contributed by atoms with Gasteiger partial charge in [0.1, 0.15) is 0 Å². The lowest BCUT2D eigenvalue weighted by Gasteiger charge is -2.55.